The van der Waals surface area contributed by atoms with E-state index < -0.39 is 0 Å². The summed E-state index contributed by atoms with van der Waals surface area (Å²) in [5.41, 5.74) is 1.48. The van der Waals surface area contributed by atoms with E-state index in [-0.39, 0.29) is 0 Å². The quantitative estimate of drug-likeness (QED) is 0.709. The maximum atomic E-state index is 4.36. The van der Waals surface area contributed by atoms with Crippen molar-refractivity contribution in [2.75, 3.05) is 0 Å². The molecular weight excluding hydrogens is 248 g/mol. The summed E-state index contributed by atoms with van der Waals surface area (Å²) in [4.78, 5) is 7.03. The summed E-state index contributed by atoms with van der Waals surface area (Å²) in [6, 6.07) is 0. The van der Waals surface area contributed by atoms with Gasteiger partial charge in [0.05, 0.1) is 6.20 Å². The average Bonchev–Trinajstić information content (AvgIpc) is 2.66. The number of thiazole rings is 1. The molecule has 0 aromatic carbocycles. The van der Waals surface area contributed by atoms with Crippen molar-refractivity contribution in [1.82, 2.24) is 9.38 Å². The standard InChI is InChI=1S/C9H9BrN2S/c10-8-5-11-9-12(8)6-3-1-2-4-7(6)13-9/h5H,1-4H2. The minimum Gasteiger partial charge on any atom is -0.281 e. The Morgan fingerprint density at radius 3 is 3.15 bits per heavy atom. The molecule has 2 aromatic rings. The molecule has 0 atom stereocenters. The van der Waals surface area contributed by atoms with Crippen LogP contribution >= 0.6 is 27.3 Å². The summed E-state index contributed by atoms with van der Waals surface area (Å²) in [5, 5.41) is 0. The van der Waals surface area contributed by atoms with E-state index in [1.54, 1.807) is 0 Å². The van der Waals surface area contributed by atoms with E-state index in [9.17, 15) is 0 Å². The molecule has 0 radical (unpaired) electrons. The highest BCUT2D eigenvalue weighted by molar-refractivity contribution is 9.10. The molecule has 0 N–H and O–H groups in total. The first-order valence-electron chi connectivity index (χ1n) is 4.50. The monoisotopic (exact) mass is 256 g/mol. The first kappa shape index (κ1) is 8.00. The first-order valence-corrected chi connectivity index (χ1v) is 6.11. The second-order valence-electron chi connectivity index (χ2n) is 3.38. The van der Waals surface area contributed by atoms with Crippen LogP contribution in [0.15, 0.2) is 10.8 Å². The van der Waals surface area contributed by atoms with Gasteiger partial charge in [0, 0.05) is 10.6 Å². The van der Waals surface area contributed by atoms with Crippen LogP contribution in [0.5, 0.6) is 0 Å². The van der Waals surface area contributed by atoms with Crippen LogP contribution in [0.2, 0.25) is 0 Å². The molecule has 0 saturated heterocycles. The van der Waals surface area contributed by atoms with E-state index in [2.05, 4.69) is 25.3 Å². The predicted molar refractivity (Wildman–Crippen MR) is 57.4 cm³/mol. The van der Waals surface area contributed by atoms with Gasteiger partial charge in [-0.1, -0.05) is 0 Å². The number of imidazole rings is 1. The van der Waals surface area contributed by atoms with Gasteiger partial charge in [-0.15, -0.1) is 11.3 Å². The van der Waals surface area contributed by atoms with Crippen molar-refractivity contribution in [3.63, 3.8) is 0 Å². The normalized spacial score (nSPS) is 16.4. The Hall–Kier alpha value is -0.350. The van der Waals surface area contributed by atoms with Gasteiger partial charge in [-0.05, 0) is 41.6 Å². The second kappa shape index (κ2) is 2.82. The van der Waals surface area contributed by atoms with Gasteiger partial charge in [0.15, 0.2) is 4.96 Å². The van der Waals surface area contributed by atoms with Crippen molar-refractivity contribution in [2.45, 2.75) is 25.7 Å². The van der Waals surface area contributed by atoms with Gasteiger partial charge in [-0.2, -0.15) is 0 Å². The number of rotatable bonds is 0. The minimum atomic E-state index is 1.10. The molecule has 2 nitrogen and oxygen atoms in total. The number of hydrogen-bond acceptors (Lipinski definition) is 2. The molecule has 0 unspecified atom stereocenters. The highest BCUT2D eigenvalue weighted by Gasteiger charge is 2.17. The molecule has 0 spiro atoms. The summed E-state index contributed by atoms with van der Waals surface area (Å²) < 4.78 is 3.35. The lowest BCUT2D eigenvalue weighted by molar-refractivity contribution is 0.673. The molecule has 0 fully saturated rings. The first-order chi connectivity index (χ1) is 6.36. The zero-order valence-corrected chi connectivity index (χ0v) is 9.49. The van der Waals surface area contributed by atoms with Crippen LogP contribution in [-0.4, -0.2) is 9.38 Å². The Morgan fingerprint density at radius 2 is 2.23 bits per heavy atom. The van der Waals surface area contributed by atoms with Gasteiger partial charge >= 0.3 is 0 Å². The van der Waals surface area contributed by atoms with Crippen LogP contribution in [0.25, 0.3) is 4.96 Å². The van der Waals surface area contributed by atoms with Crippen molar-refractivity contribution in [3.05, 3.63) is 21.4 Å². The van der Waals surface area contributed by atoms with E-state index >= 15 is 0 Å². The summed E-state index contributed by atoms with van der Waals surface area (Å²) in [6.45, 7) is 0. The van der Waals surface area contributed by atoms with Crippen molar-refractivity contribution in [2.24, 2.45) is 0 Å². The van der Waals surface area contributed by atoms with Crippen LogP contribution in [0, 0.1) is 0 Å². The fraction of sp³-hybridized carbons (Fsp3) is 0.444. The van der Waals surface area contributed by atoms with Crippen molar-refractivity contribution in [1.29, 1.82) is 0 Å². The fourth-order valence-corrected chi connectivity index (χ4v) is 3.73. The lowest BCUT2D eigenvalue weighted by Crippen LogP contribution is -2.02. The van der Waals surface area contributed by atoms with Crippen LogP contribution in [0.1, 0.15) is 23.4 Å². The van der Waals surface area contributed by atoms with Gasteiger partial charge < -0.3 is 0 Å². The average molecular weight is 257 g/mol. The van der Waals surface area contributed by atoms with Gasteiger partial charge in [-0.3, -0.25) is 4.40 Å². The Bertz CT molecular complexity index is 457. The second-order valence-corrected chi connectivity index (χ2v) is 5.25. The van der Waals surface area contributed by atoms with Gasteiger partial charge in [0.1, 0.15) is 4.60 Å². The Morgan fingerprint density at radius 1 is 1.38 bits per heavy atom. The molecule has 0 bridgehead atoms. The molecule has 0 amide bonds. The van der Waals surface area contributed by atoms with Crippen LogP contribution in [0.4, 0.5) is 0 Å². The lowest BCUT2D eigenvalue weighted by atomic mass is 10.0. The number of fused-ring (bicyclic) bond motifs is 3. The zero-order valence-electron chi connectivity index (χ0n) is 7.09. The Kier molecular flexibility index (Phi) is 1.73. The molecule has 2 aromatic heterocycles. The third kappa shape index (κ3) is 1.08. The lowest BCUT2D eigenvalue weighted by Gasteiger charge is -2.10. The molecule has 0 aliphatic heterocycles. The molecular formula is C9H9BrN2S. The molecule has 0 saturated carbocycles. The van der Waals surface area contributed by atoms with Crippen molar-refractivity contribution < 1.29 is 0 Å². The number of aromatic nitrogens is 2. The highest BCUT2D eigenvalue weighted by Crippen LogP contribution is 2.31. The van der Waals surface area contributed by atoms with Crippen molar-refractivity contribution >= 4 is 32.2 Å². The summed E-state index contributed by atoms with van der Waals surface area (Å²) in [7, 11) is 0. The minimum absolute atomic E-state index is 1.10. The van der Waals surface area contributed by atoms with Gasteiger partial charge in [-0.25, -0.2) is 4.98 Å². The van der Waals surface area contributed by atoms with E-state index in [1.165, 1.54) is 36.3 Å². The maximum absolute atomic E-state index is 4.36. The SMILES string of the molecule is Brc1cnc2sc3c(n12)CCCC3. The molecule has 1 aliphatic rings. The predicted octanol–water partition coefficient (Wildman–Crippen LogP) is 3.04. The third-order valence-electron chi connectivity index (χ3n) is 2.56. The molecule has 1 aliphatic carbocycles. The largest absolute Gasteiger partial charge is 0.281 e. The fourth-order valence-electron chi connectivity index (χ4n) is 1.95. The Labute approximate surface area is 88.7 Å². The number of halogens is 1. The summed E-state index contributed by atoms with van der Waals surface area (Å²) in [6.07, 6.45) is 7.01. The topological polar surface area (TPSA) is 17.3 Å². The molecule has 2 heterocycles. The summed E-state index contributed by atoms with van der Waals surface area (Å²) in [5.74, 6) is 0. The Balaban J connectivity index is 2.36. The van der Waals surface area contributed by atoms with E-state index in [0.29, 0.717) is 0 Å². The number of aryl methyl sites for hydroxylation is 2. The zero-order chi connectivity index (χ0) is 8.84. The van der Waals surface area contributed by atoms with Crippen LogP contribution in [0.3, 0.4) is 0 Å². The van der Waals surface area contributed by atoms with Crippen LogP contribution in [-0.2, 0) is 12.8 Å². The van der Waals surface area contributed by atoms with Gasteiger partial charge in [0.2, 0.25) is 0 Å². The van der Waals surface area contributed by atoms with Gasteiger partial charge in [0.25, 0.3) is 0 Å². The molecule has 68 valence electrons. The van der Waals surface area contributed by atoms with E-state index in [4.69, 9.17) is 0 Å². The third-order valence-corrected chi connectivity index (χ3v) is 4.28. The van der Waals surface area contributed by atoms with E-state index in [0.717, 1.165) is 9.56 Å². The molecule has 13 heavy (non-hydrogen) atoms. The highest BCUT2D eigenvalue weighted by atomic mass is 79.9. The van der Waals surface area contributed by atoms with E-state index in [1.807, 2.05) is 17.5 Å². The number of hydrogen-bond donors (Lipinski definition) is 0. The molecule has 4 heteroatoms. The van der Waals surface area contributed by atoms with Crippen LogP contribution < -0.4 is 0 Å². The number of nitrogens with zero attached hydrogens (tertiary/aromatic N) is 2. The maximum Gasteiger partial charge on any atom is 0.195 e. The van der Waals surface area contributed by atoms with Crippen molar-refractivity contribution in [3.8, 4) is 0 Å². The molecule has 3 rings (SSSR count). The summed E-state index contributed by atoms with van der Waals surface area (Å²) >= 11 is 5.37. The smallest absolute Gasteiger partial charge is 0.195 e.